The molecular formula is C7H14BF3KN. The Labute approximate surface area is 120 Å². The SMILES string of the molecule is CCN(CC1CC1)C[B-](F)(F)F.[K+]. The van der Waals surface area contributed by atoms with Crippen molar-refractivity contribution in [3.05, 3.63) is 0 Å². The van der Waals surface area contributed by atoms with E-state index in [1.54, 1.807) is 6.92 Å². The summed E-state index contributed by atoms with van der Waals surface area (Å²) in [6.45, 7) is -1.70. The second-order valence-corrected chi connectivity index (χ2v) is 3.51. The van der Waals surface area contributed by atoms with Gasteiger partial charge in [0.2, 0.25) is 0 Å². The molecule has 6 heteroatoms. The van der Waals surface area contributed by atoms with Gasteiger partial charge in [-0.3, -0.25) is 0 Å². The van der Waals surface area contributed by atoms with Crippen molar-refractivity contribution in [2.75, 3.05) is 19.5 Å². The maximum absolute atomic E-state index is 12.0. The van der Waals surface area contributed by atoms with Crippen LogP contribution in [0.2, 0.25) is 0 Å². The summed E-state index contributed by atoms with van der Waals surface area (Å²) in [6, 6.07) is 0. The molecule has 0 aliphatic heterocycles. The summed E-state index contributed by atoms with van der Waals surface area (Å²) in [7, 11) is 0. The first kappa shape index (κ1) is 14.5. The van der Waals surface area contributed by atoms with Crippen molar-refractivity contribution in [1.82, 2.24) is 4.90 Å². The van der Waals surface area contributed by atoms with Gasteiger partial charge in [0.25, 0.3) is 0 Å². The number of nitrogens with zero attached hydrogens (tertiary/aromatic N) is 1. The van der Waals surface area contributed by atoms with Gasteiger partial charge in [0, 0.05) is 0 Å². The van der Waals surface area contributed by atoms with E-state index in [-0.39, 0.29) is 51.4 Å². The van der Waals surface area contributed by atoms with E-state index in [1.165, 1.54) is 4.90 Å². The fourth-order valence-electron chi connectivity index (χ4n) is 1.29. The Bertz CT molecular complexity index is 149. The molecule has 1 saturated carbocycles. The van der Waals surface area contributed by atoms with Crippen molar-refractivity contribution in [2.45, 2.75) is 19.8 Å². The van der Waals surface area contributed by atoms with E-state index in [1.807, 2.05) is 0 Å². The zero-order chi connectivity index (χ0) is 9.19. The average molecular weight is 219 g/mol. The Hall–Kier alpha value is 1.45. The Balaban J connectivity index is 0.00000144. The van der Waals surface area contributed by atoms with E-state index in [0.29, 0.717) is 19.0 Å². The van der Waals surface area contributed by atoms with Crippen molar-refractivity contribution in [3.8, 4) is 0 Å². The van der Waals surface area contributed by atoms with Gasteiger partial charge in [0.1, 0.15) is 0 Å². The average Bonchev–Trinajstić information content (AvgIpc) is 2.67. The summed E-state index contributed by atoms with van der Waals surface area (Å²) in [6.07, 6.45) is 1.54. The van der Waals surface area contributed by atoms with Crippen molar-refractivity contribution in [1.29, 1.82) is 0 Å². The zero-order valence-electron chi connectivity index (χ0n) is 8.27. The van der Waals surface area contributed by atoms with Crippen LogP contribution in [0.25, 0.3) is 0 Å². The summed E-state index contributed by atoms with van der Waals surface area (Å²) >= 11 is 0. The number of hydrogen-bond donors (Lipinski definition) is 0. The monoisotopic (exact) mass is 219 g/mol. The third-order valence-corrected chi connectivity index (χ3v) is 2.13. The molecule has 13 heavy (non-hydrogen) atoms. The van der Waals surface area contributed by atoms with Gasteiger partial charge in [-0.15, -0.1) is 0 Å². The predicted octanol–water partition coefficient (Wildman–Crippen LogP) is -0.891. The first-order valence-electron chi connectivity index (χ1n) is 4.44. The smallest absolute Gasteiger partial charge is 0.448 e. The molecule has 1 aliphatic carbocycles. The molecule has 0 unspecified atom stereocenters. The van der Waals surface area contributed by atoms with E-state index in [9.17, 15) is 12.9 Å². The molecule has 0 N–H and O–H groups in total. The summed E-state index contributed by atoms with van der Waals surface area (Å²) in [5.41, 5.74) is 0. The topological polar surface area (TPSA) is 3.24 Å². The van der Waals surface area contributed by atoms with Gasteiger partial charge in [-0.25, -0.2) is 0 Å². The molecule has 0 spiro atoms. The number of hydrogen-bond acceptors (Lipinski definition) is 1. The molecule has 1 aliphatic rings. The van der Waals surface area contributed by atoms with Crippen molar-refractivity contribution in [3.63, 3.8) is 0 Å². The molecule has 1 rings (SSSR count). The number of halogens is 3. The molecule has 0 amide bonds. The Morgan fingerprint density at radius 3 is 2.15 bits per heavy atom. The number of rotatable bonds is 5. The molecule has 0 aromatic rings. The van der Waals surface area contributed by atoms with Gasteiger partial charge in [0.05, 0.1) is 0 Å². The van der Waals surface area contributed by atoms with Crippen LogP contribution in [-0.2, 0) is 0 Å². The molecule has 0 atom stereocenters. The van der Waals surface area contributed by atoms with Gasteiger partial charge in [-0.1, -0.05) is 6.92 Å². The zero-order valence-corrected chi connectivity index (χ0v) is 11.4. The van der Waals surface area contributed by atoms with Crippen LogP contribution in [0.15, 0.2) is 0 Å². The van der Waals surface area contributed by atoms with Gasteiger partial charge in [-0.2, -0.15) is 0 Å². The van der Waals surface area contributed by atoms with E-state index >= 15 is 0 Å². The van der Waals surface area contributed by atoms with E-state index in [0.717, 1.165) is 12.8 Å². The summed E-state index contributed by atoms with van der Waals surface area (Å²) in [4.78, 5) is 1.50. The molecule has 1 nitrogen and oxygen atoms in total. The fourth-order valence-corrected chi connectivity index (χ4v) is 1.29. The fraction of sp³-hybridized carbons (Fsp3) is 1.00. The maximum Gasteiger partial charge on any atom is 1.00 e. The van der Waals surface area contributed by atoms with Crippen molar-refractivity contribution < 1.29 is 64.3 Å². The van der Waals surface area contributed by atoms with Crippen molar-refractivity contribution in [2.24, 2.45) is 5.92 Å². The van der Waals surface area contributed by atoms with Gasteiger partial charge >= 0.3 is 58.4 Å². The van der Waals surface area contributed by atoms with Gasteiger partial charge in [0.15, 0.2) is 0 Å². The third-order valence-electron chi connectivity index (χ3n) is 2.13. The minimum atomic E-state index is -4.63. The maximum atomic E-state index is 12.0. The molecule has 0 aromatic heterocycles. The van der Waals surface area contributed by atoms with Gasteiger partial charge < -0.3 is 17.8 Å². The van der Waals surface area contributed by atoms with Crippen LogP contribution in [0.4, 0.5) is 12.9 Å². The molecule has 0 radical (unpaired) electrons. The minimum absolute atomic E-state index is 0. The molecule has 0 bridgehead atoms. The van der Waals surface area contributed by atoms with Crippen LogP contribution >= 0.6 is 0 Å². The van der Waals surface area contributed by atoms with Crippen LogP contribution in [0, 0.1) is 5.92 Å². The molecule has 0 saturated heterocycles. The normalized spacial score (nSPS) is 17.3. The van der Waals surface area contributed by atoms with Crippen LogP contribution < -0.4 is 51.4 Å². The Morgan fingerprint density at radius 1 is 1.31 bits per heavy atom. The van der Waals surface area contributed by atoms with E-state index in [2.05, 4.69) is 0 Å². The summed E-state index contributed by atoms with van der Waals surface area (Å²) in [5, 5.41) is 0. The second kappa shape index (κ2) is 6.13. The van der Waals surface area contributed by atoms with Gasteiger partial charge in [-0.05, 0) is 38.3 Å². The largest absolute Gasteiger partial charge is 1.00 e. The Kier molecular flexibility index (Phi) is 6.81. The second-order valence-electron chi connectivity index (χ2n) is 3.51. The first-order chi connectivity index (χ1) is 5.51. The quantitative estimate of drug-likeness (QED) is 0.542. The standard InChI is InChI=1S/C7H14BF3N.K/c1-2-12(5-7-3-4-7)6-8(9,10)11;/h7H,2-6H2,1H3;/q-1;+1. The molecule has 0 aromatic carbocycles. The summed E-state index contributed by atoms with van der Waals surface area (Å²) in [5.74, 6) is 0.545. The van der Waals surface area contributed by atoms with Crippen LogP contribution in [-0.4, -0.2) is 31.4 Å². The Morgan fingerprint density at radius 2 is 1.85 bits per heavy atom. The molecule has 0 heterocycles. The van der Waals surface area contributed by atoms with Crippen LogP contribution in [0.3, 0.4) is 0 Å². The first-order valence-corrected chi connectivity index (χ1v) is 4.44. The molecule has 72 valence electrons. The minimum Gasteiger partial charge on any atom is -0.448 e. The van der Waals surface area contributed by atoms with Crippen LogP contribution in [0.5, 0.6) is 0 Å². The summed E-state index contributed by atoms with van der Waals surface area (Å²) < 4.78 is 36.0. The van der Waals surface area contributed by atoms with E-state index < -0.39 is 13.4 Å². The predicted molar refractivity (Wildman–Crippen MR) is 43.9 cm³/mol. The third kappa shape index (κ3) is 7.39. The van der Waals surface area contributed by atoms with Crippen LogP contribution in [0.1, 0.15) is 19.8 Å². The molecule has 1 fully saturated rings. The van der Waals surface area contributed by atoms with E-state index in [4.69, 9.17) is 0 Å². The molecular weight excluding hydrogens is 205 g/mol. The van der Waals surface area contributed by atoms with Crippen molar-refractivity contribution >= 4 is 6.98 Å².